The molecule has 1 saturated heterocycles. The first kappa shape index (κ1) is 15.0. The van der Waals surface area contributed by atoms with Crippen LogP contribution in [0.4, 0.5) is 5.95 Å². The molecule has 3 aromatic rings. The Bertz CT molecular complexity index is 951. The van der Waals surface area contributed by atoms with Crippen molar-refractivity contribution in [3.63, 3.8) is 0 Å². The van der Waals surface area contributed by atoms with Crippen LogP contribution in [-0.2, 0) is 7.05 Å². The van der Waals surface area contributed by atoms with Gasteiger partial charge in [-0.05, 0) is 31.0 Å². The minimum atomic E-state index is -0.0915. The Labute approximate surface area is 139 Å². The number of rotatable bonds is 2. The summed E-state index contributed by atoms with van der Waals surface area (Å²) >= 11 is 0. The van der Waals surface area contributed by atoms with Gasteiger partial charge in [-0.1, -0.05) is 12.8 Å². The summed E-state index contributed by atoms with van der Waals surface area (Å²) < 4.78 is 8.81. The van der Waals surface area contributed by atoms with Crippen LogP contribution in [0.3, 0.4) is 0 Å². The van der Waals surface area contributed by atoms with E-state index in [9.17, 15) is 4.79 Å². The molecule has 0 unspecified atom stereocenters. The highest BCUT2D eigenvalue weighted by molar-refractivity contribution is 5.83. The third-order valence-corrected chi connectivity index (χ3v) is 4.80. The van der Waals surface area contributed by atoms with Crippen LogP contribution in [0.25, 0.3) is 16.7 Å². The fraction of sp³-hybridized carbons (Fsp3) is 0.471. The molecule has 0 spiro atoms. The molecular weight excluding hydrogens is 306 g/mol. The molecule has 1 fully saturated rings. The van der Waals surface area contributed by atoms with Crippen molar-refractivity contribution >= 4 is 22.6 Å². The lowest BCUT2D eigenvalue weighted by Gasteiger charge is -2.20. The molecule has 7 heteroatoms. The molecule has 1 aromatic carbocycles. The van der Waals surface area contributed by atoms with E-state index in [0.29, 0.717) is 16.9 Å². The smallest absolute Gasteiger partial charge is 0.262 e. The number of hydrogen-bond acceptors (Lipinski definition) is 5. The van der Waals surface area contributed by atoms with Gasteiger partial charge in [-0.25, -0.2) is 4.40 Å². The second-order valence-corrected chi connectivity index (χ2v) is 6.28. The lowest BCUT2D eigenvalue weighted by atomic mass is 10.2. The molecule has 0 bridgehead atoms. The second kappa shape index (κ2) is 5.81. The minimum Gasteiger partial charge on any atom is -0.497 e. The highest BCUT2D eigenvalue weighted by atomic mass is 16.5. The van der Waals surface area contributed by atoms with Gasteiger partial charge in [0.05, 0.1) is 18.0 Å². The number of aromatic nitrogens is 4. The highest BCUT2D eigenvalue weighted by Crippen LogP contribution is 2.24. The standard InChI is InChI=1S/C17H21N5O2/c1-20-15(23)13-11-12(24-2)7-8-14(13)22-16(20)18-19-17(22)21-9-5-3-4-6-10-21/h7-8,11H,3-6,9-10H2,1-2H3. The molecule has 0 radical (unpaired) electrons. The van der Waals surface area contributed by atoms with Crippen molar-refractivity contribution in [1.82, 2.24) is 19.2 Å². The van der Waals surface area contributed by atoms with Gasteiger partial charge in [-0.3, -0.25) is 9.36 Å². The van der Waals surface area contributed by atoms with Crippen molar-refractivity contribution in [3.05, 3.63) is 28.6 Å². The molecule has 0 saturated carbocycles. The summed E-state index contributed by atoms with van der Waals surface area (Å²) in [7, 11) is 3.34. The summed E-state index contributed by atoms with van der Waals surface area (Å²) in [5, 5.41) is 9.30. The van der Waals surface area contributed by atoms with E-state index in [1.807, 2.05) is 16.5 Å². The average molecular weight is 327 g/mol. The summed E-state index contributed by atoms with van der Waals surface area (Å²) in [5.74, 6) is 2.05. The normalized spacial score (nSPS) is 15.8. The molecule has 0 N–H and O–H groups in total. The van der Waals surface area contributed by atoms with Gasteiger partial charge in [0.1, 0.15) is 5.75 Å². The largest absolute Gasteiger partial charge is 0.497 e. The van der Waals surface area contributed by atoms with E-state index < -0.39 is 0 Å². The van der Waals surface area contributed by atoms with Crippen LogP contribution in [0.1, 0.15) is 25.7 Å². The summed E-state index contributed by atoms with van der Waals surface area (Å²) in [5.41, 5.74) is 0.726. The lowest BCUT2D eigenvalue weighted by molar-refractivity contribution is 0.415. The van der Waals surface area contributed by atoms with Gasteiger partial charge in [0, 0.05) is 20.1 Å². The Morgan fingerprint density at radius 3 is 2.54 bits per heavy atom. The number of anilines is 1. The molecule has 7 nitrogen and oxygen atoms in total. The molecule has 2 aromatic heterocycles. The van der Waals surface area contributed by atoms with Crippen molar-refractivity contribution in [2.75, 3.05) is 25.1 Å². The monoisotopic (exact) mass is 327 g/mol. The van der Waals surface area contributed by atoms with Crippen LogP contribution in [0.15, 0.2) is 23.0 Å². The molecule has 0 amide bonds. The molecule has 3 heterocycles. The van der Waals surface area contributed by atoms with Crippen LogP contribution < -0.4 is 15.2 Å². The molecule has 1 aliphatic rings. The van der Waals surface area contributed by atoms with E-state index in [4.69, 9.17) is 4.74 Å². The van der Waals surface area contributed by atoms with Crippen molar-refractivity contribution in [2.24, 2.45) is 7.05 Å². The van der Waals surface area contributed by atoms with Crippen LogP contribution >= 0.6 is 0 Å². The van der Waals surface area contributed by atoms with Crippen molar-refractivity contribution in [2.45, 2.75) is 25.7 Å². The average Bonchev–Trinajstić information content (AvgIpc) is 2.87. The fourth-order valence-corrected chi connectivity index (χ4v) is 3.46. The molecule has 0 aliphatic carbocycles. The molecule has 126 valence electrons. The predicted molar refractivity (Wildman–Crippen MR) is 93.0 cm³/mol. The van der Waals surface area contributed by atoms with Gasteiger partial charge in [-0.15, -0.1) is 10.2 Å². The minimum absolute atomic E-state index is 0.0915. The first-order chi connectivity index (χ1) is 11.7. The number of methoxy groups -OCH3 is 1. The van der Waals surface area contributed by atoms with Gasteiger partial charge in [0.15, 0.2) is 0 Å². The van der Waals surface area contributed by atoms with Crippen molar-refractivity contribution < 1.29 is 4.74 Å². The van der Waals surface area contributed by atoms with Gasteiger partial charge in [-0.2, -0.15) is 0 Å². The maximum Gasteiger partial charge on any atom is 0.262 e. The highest BCUT2D eigenvalue weighted by Gasteiger charge is 2.20. The first-order valence-electron chi connectivity index (χ1n) is 8.37. The topological polar surface area (TPSA) is 64.7 Å². The van der Waals surface area contributed by atoms with E-state index >= 15 is 0 Å². The predicted octanol–water partition coefficient (Wildman–Crippen LogP) is 1.97. The Kier molecular flexibility index (Phi) is 3.63. The zero-order valence-electron chi connectivity index (χ0n) is 14.0. The maximum atomic E-state index is 12.7. The van der Waals surface area contributed by atoms with E-state index in [1.54, 1.807) is 24.8 Å². The Hall–Kier alpha value is -2.57. The molecule has 0 atom stereocenters. The summed E-state index contributed by atoms with van der Waals surface area (Å²) in [6, 6.07) is 5.56. The SMILES string of the molecule is COc1ccc2c(c1)c(=O)n(C)c1nnc(N3CCCCCC3)n21. The zero-order valence-corrected chi connectivity index (χ0v) is 14.0. The number of nitrogens with zero attached hydrogens (tertiary/aromatic N) is 5. The maximum absolute atomic E-state index is 12.7. The van der Waals surface area contributed by atoms with Gasteiger partial charge in [0.25, 0.3) is 5.56 Å². The number of benzene rings is 1. The zero-order chi connectivity index (χ0) is 16.7. The Morgan fingerprint density at radius 1 is 1.08 bits per heavy atom. The number of ether oxygens (including phenoxy) is 1. The second-order valence-electron chi connectivity index (χ2n) is 6.28. The van der Waals surface area contributed by atoms with Crippen LogP contribution in [-0.4, -0.2) is 39.4 Å². The number of aryl methyl sites for hydroxylation is 1. The van der Waals surface area contributed by atoms with Gasteiger partial charge in [0.2, 0.25) is 11.7 Å². The van der Waals surface area contributed by atoms with Gasteiger partial charge < -0.3 is 9.64 Å². The third-order valence-electron chi connectivity index (χ3n) is 4.80. The quantitative estimate of drug-likeness (QED) is 0.720. The summed E-state index contributed by atoms with van der Waals surface area (Å²) in [4.78, 5) is 14.9. The van der Waals surface area contributed by atoms with Crippen LogP contribution in [0.5, 0.6) is 5.75 Å². The molecule has 1 aliphatic heterocycles. The van der Waals surface area contributed by atoms with Gasteiger partial charge >= 0.3 is 0 Å². The van der Waals surface area contributed by atoms with E-state index in [1.165, 1.54) is 12.8 Å². The summed E-state index contributed by atoms with van der Waals surface area (Å²) in [6.07, 6.45) is 4.83. The third kappa shape index (κ3) is 2.23. The van der Waals surface area contributed by atoms with Crippen LogP contribution in [0.2, 0.25) is 0 Å². The first-order valence-corrected chi connectivity index (χ1v) is 8.37. The van der Waals surface area contributed by atoms with E-state index in [-0.39, 0.29) is 5.56 Å². The van der Waals surface area contributed by atoms with E-state index in [2.05, 4.69) is 15.1 Å². The van der Waals surface area contributed by atoms with E-state index in [0.717, 1.165) is 37.4 Å². The number of hydrogen-bond donors (Lipinski definition) is 0. The molecule has 4 rings (SSSR count). The lowest BCUT2D eigenvalue weighted by Crippen LogP contribution is -2.27. The van der Waals surface area contributed by atoms with Crippen molar-refractivity contribution in [1.29, 1.82) is 0 Å². The molecule has 24 heavy (non-hydrogen) atoms. The summed E-state index contributed by atoms with van der Waals surface area (Å²) in [6.45, 7) is 1.95. The number of fused-ring (bicyclic) bond motifs is 3. The van der Waals surface area contributed by atoms with Crippen LogP contribution in [0, 0.1) is 0 Å². The molecular formula is C17H21N5O2. The fourth-order valence-electron chi connectivity index (χ4n) is 3.46. The van der Waals surface area contributed by atoms with Crippen molar-refractivity contribution in [3.8, 4) is 5.75 Å². The Morgan fingerprint density at radius 2 is 1.83 bits per heavy atom. The Balaban J connectivity index is 2.01.